The topological polar surface area (TPSA) is 35.5 Å². The van der Waals surface area contributed by atoms with Crippen molar-refractivity contribution in [2.45, 2.75) is 51.2 Å². The summed E-state index contributed by atoms with van der Waals surface area (Å²) < 4.78 is 11.5. The fourth-order valence-corrected chi connectivity index (χ4v) is 3.63. The third-order valence-corrected chi connectivity index (χ3v) is 5.20. The maximum atomic E-state index is 11.3. The first-order chi connectivity index (χ1) is 12.4. The summed E-state index contributed by atoms with van der Waals surface area (Å²) in [5, 5.41) is 0. The molecule has 0 aliphatic carbocycles. The van der Waals surface area contributed by atoms with Gasteiger partial charge in [-0.25, -0.2) is 0 Å². The van der Waals surface area contributed by atoms with Gasteiger partial charge in [-0.15, -0.1) is 11.8 Å². The van der Waals surface area contributed by atoms with Gasteiger partial charge in [0.05, 0.1) is 12.7 Å². The molecule has 2 atom stereocenters. The Bertz CT molecular complexity index is 710. The van der Waals surface area contributed by atoms with Gasteiger partial charge < -0.3 is 9.47 Å². The highest BCUT2D eigenvalue weighted by atomic mass is 32.2. The lowest BCUT2D eigenvalue weighted by Gasteiger charge is -2.28. The van der Waals surface area contributed by atoms with Crippen LogP contribution in [-0.2, 0) is 16.1 Å². The molecule has 0 N–H and O–H groups in total. The fourth-order valence-electron chi connectivity index (χ4n) is 3.23. The maximum absolute atomic E-state index is 11.3. The Hall–Kier alpha value is -1.78. The molecule has 2 rings (SSSR count). The zero-order valence-electron chi connectivity index (χ0n) is 16.2. The molecule has 140 valence electrons. The van der Waals surface area contributed by atoms with Crippen molar-refractivity contribution >= 4 is 17.7 Å². The summed E-state index contributed by atoms with van der Waals surface area (Å²) in [6.07, 6.45) is 2.13. The molecule has 0 fully saturated rings. The molecule has 0 saturated carbocycles. The van der Waals surface area contributed by atoms with E-state index in [4.69, 9.17) is 9.47 Å². The van der Waals surface area contributed by atoms with Crippen LogP contribution in [0.4, 0.5) is 0 Å². The zero-order valence-corrected chi connectivity index (χ0v) is 17.0. The third-order valence-electron chi connectivity index (χ3n) is 4.45. The van der Waals surface area contributed by atoms with Crippen LogP contribution >= 0.6 is 11.8 Å². The summed E-state index contributed by atoms with van der Waals surface area (Å²) >= 11 is 1.75. The van der Waals surface area contributed by atoms with Crippen molar-refractivity contribution in [3.8, 4) is 5.75 Å². The predicted molar refractivity (Wildman–Crippen MR) is 108 cm³/mol. The number of para-hydroxylation sites is 1. The molecule has 0 aromatic heterocycles. The molecule has 2 unspecified atom stereocenters. The van der Waals surface area contributed by atoms with Gasteiger partial charge in [-0.05, 0) is 42.9 Å². The van der Waals surface area contributed by atoms with Crippen molar-refractivity contribution in [3.05, 3.63) is 59.7 Å². The van der Waals surface area contributed by atoms with Gasteiger partial charge in [0.1, 0.15) is 5.75 Å². The molecule has 0 amide bonds. The molecule has 3 nitrogen and oxygen atoms in total. The van der Waals surface area contributed by atoms with E-state index in [0.717, 1.165) is 5.56 Å². The van der Waals surface area contributed by atoms with E-state index >= 15 is 0 Å². The Morgan fingerprint density at radius 2 is 1.69 bits per heavy atom. The van der Waals surface area contributed by atoms with E-state index in [-0.39, 0.29) is 12.1 Å². The van der Waals surface area contributed by atoms with Gasteiger partial charge in [0, 0.05) is 23.3 Å². The smallest absolute Gasteiger partial charge is 0.308 e. The minimum atomic E-state index is -0.320. The maximum Gasteiger partial charge on any atom is 0.308 e. The summed E-state index contributed by atoms with van der Waals surface area (Å²) in [4.78, 5) is 12.5. The Morgan fingerprint density at radius 1 is 1.04 bits per heavy atom. The van der Waals surface area contributed by atoms with Gasteiger partial charge in [-0.3, -0.25) is 4.79 Å². The normalized spacial score (nSPS) is 13.5. The van der Waals surface area contributed by atoms with Crippen molar-refractivity contribution in [2.75, 3.05) is 6.26 Å². The van der Waals surface area contributed by atoms with E-state index in [9.17, 15) is 4.79 Å². The van der Waals surface area contributed by atoms with Crippen LogP contribution in [-0.4, -0.2) is 18.3 Å². The van der Waals surface area contributed by atoms with E-state index in [1.165, 1.54) is 17.4 Å². The molecule has 0 heterocycles. The van der Waals surface area contributed by atoms with Crippen molar-refractivity contribution < 1.29 is 14.3 Å². The largest absolute Gasteiger partial charge is 0.426 e. The number of esters is 1. The van der Waals surface area contributed by atoms with Crippen LogP contribution in [0, 0.1) is 5.92 Å². The number of carbonyl (C=O) groups excluding carboxylic acids is 1. The summed E-state index contributed by atoms with van der Waals surface area (Å²) in [6.45, 7) is 8.38. The van der Waals surface area contributed by atoms with Gasteiger partial charge in [-0.2, -0.15) is 0 Å². The Kier molecular flexibility index (Phi) is 7.73. The molecule has 0 aliphatic rings. The highest BCUT2D eigenvalue weighted by Gasteiger charge is 2.24. The molecule has 0 bridgehead atoms. The number of hydrogen-bond acceptors (Lipinski definition) is 4. The molecule has 0 spiro atoms. The highest BCUT2D eigenvalue weighted by molar-refractivity contribution is 7.98. The van der Waals surface area contributed by atoms with E-state index in [1.54, 1.807) is 17.8 Å². The van der Waals surface area contributed by atoms with E-state index in [0.29, 0.717) is 24.2 Å². The van der Waals surface area contributed by atoms with Crippen molar-refractivity contribution in [1.82, 2.24) is 0 Å². The lowest BCUT2D eigenvalue weighted by molar-refractivity contribution is -0.132. The number of hydrogen-bond donors (Lipinski definition) is 0. The van der Waals surface area contributed by atoms with Gasteiger partial charge in [-0.1, -0.05) is 44.2 Å². The minimum Gasteiger partial charge on any atom is -0.426 e. The first-order valence-electron chi connectivity index (χ1n) is 8.94. The number of benzene rings is 2. The Morgan fingerprint density at radius 3 is 2.27 bits per heavy atom. The molecule has 26 heavy (non-hydrogen) atoms. The van der Waals surface area contributed by atoms with Gasteiger partial charge in [0.25, 0.3) is 0 Å². The fraction of sp³-hybridized carbons (Fsp3) is 0.409. The number of thioether (sulfide) groups is 1. The van der Waals surface area contributed by atoms with E-state index < -0.39 is 0 Å². The second kappa shape index (κ2) is 9.79. The minimum absolute atomic E-state index is 0.0421. The first-order valence-corrected chi connectivity index (χ1v) is 10.2. The molecular weight excluding hydrogens is 344 g/mol. The average Bonchev–Trinajstić information content (AvgIpc) is 2.61. The van der Waals surface area contributed by atoms with Crippen LogP contribution < -0.4 is 4.74 Å². The zero-order chi connectivity index (χ0) is 19.1. The van der Waals surface area contributed by atoms with Gasteiger partial charge >= 0.3 is 5.97 Å². The van der Waals surface area contributed by atoms with Crippen LogP contribution in [0.3, 0.4) is 0 Å². The highest BCUT2D eigenvalue weighted by Crippen LogP contribution is 2.32. The summed E-state index contributed by atoms with van der Waals surface area (Å²) in [5.74, 6) is 0.998. The predicted octanol–water partition coefficient (Wildman–Crippen LogP) is 5.68. The van der Waals surface area contributed by atoms with Crippen LogP contribution in [0.1, 0.15) is 44.7 Å². The second-order valence-corrected chi connectivity index (χ2v) is 7.64. The third kappa shape index (κ3) is 5.61. The lowest BCUT2D eigenvalue weighted by Crippen LogP contribution is -2.23. The summed E-state index contributed by atoms with van der Waals surface area (Å²) in [6, 6.07) is 16.2. The van der Waals surface area contributed by atoms with E-state index in [2.05, 4.69) is 51.3 Å². The SMILES string of the molecule is CSc1ccc(C(C(C)C)C(C)OCc2ccccc2OC(C)=O)cc1. The van der Waals surface area contributed by atoms with E-state index in [1.807, 2.05) is 18.2 Å². The first kappa shape index (κ1) is 20.5. The van der Waals surface area contributed by atoms with Crippen LogP contribution in [0.2, 0.25) is 0 Å². The molecule has 0 radical (unpaired) electrons. The lowest BCUT2D eigenvalue weighted by atomic mass is 9.84. The monoisotopic (exact) mass is 372 g/mol. The van der Waals surface area contributed by atoms with Crippen LogP contribution in [0.5, 0.6) is 5.75 Å². The summed E-state index contributed by atoms with van der Waals surface area (Å²) in [7, 11) is 0. The standard InChI is InChI=1S/C22H28O3S/c1-15(2)22(18-10-12-20(26-5)13-11-18)16(3)24-14-19-8-6-7-9-21(19)25-17(4)23/h6-13,15-16,22H,14H2,1-5H3. The van der Waals surface area contributed by atoms with Crippen LogP contribution in [0.15, 0.2) is 53.4 Å². The number of rotatable bonds is 8. The average molecular weight is 373 g/mol. The molecule has 2 aromatic rings. The molecule has 0 saturated heterocycles. The number of ether oxygens (including phenoxy) is 2. The van der Waals surface area contributed by atoms with Gasteiger partial charge in [0.2, 0.25) is 0 Å². The number of carbonyl (C=O) groups is 1. The van der Waals surface area contributed by atoms with Crippen molar-refractivity contribution in [2.24, 2.45) is 5.92 Å². The molecular formula is C22H28O3S. The molecule has 2 aromatic carbocycles. The van der Waals surface area contributed by atoms with Crippen molar-refractivity contribution in [3.63, 3.8) is 0 Å². The Balaban J connectivity index is 2.11. The second-order valence-electron chi connectivity index (χ2n) is 6.76. The molecule has 0 aliphatic heterocycles. The summed E-state index contributed by atoms with van der Waals surface area (Å²) in [5.41, 5.74) is 2.17. The van der Waals surface area contributed by atoms with Crippen molar-refractivity contribution in [1.29, 1.82) is 0 Å². The van der Waals surface area contributed by atoms with Crippen LogP contribution in [0.25, 0.3) is 0 Å². The molecule has 4 heteroatoms. The van der Waals surface area contributed by atoms with Gasteiger partial charge in [0.15, 0.2) is 0 Å². The Labute approximate surface area is 161 Å². The quantitative estimate of drug-likeness (QED) is 0.339.